The van der Waals surface area contributed by atoms with Crippen LogP contribution in [-0.4, -0.2) is 28.3 Å². The zero-order chi connectivity index (χ0) is 13.8. The van der Waals surface area contributed by atoms with Crippen LogP contribution in [0.2, 0.25) is 0 Å². The second kappa shape index (κ2) is 5.39. The molecule has 0 fully saturated rings. The molecule has 1 atom stereocenters. The smallest absolute Gasteiger partial charge is 0.345 e. The molecule has 0 aliphatic rings. The molecule has 98 valence electrons. The highest BCUT2D eigenvalue weighted by Crippen LogP contribution is 2.26. The van der Waals surface area contributed by atoms with Crippen LogP contribution >= 0.6 is 0 Å². The Morgan fingerprint density at radius 2 is 1.74 bits per heavy atom. The zero-order valence-electron chi connectivity index (χ0n) is 9.95. The molecule has 2 aromatic rings. The van der Waals surface area contributed by atoms with E-state index in [1.807, 2.05) is 24.3 Å². The molecule has 0 spiro atoms. The van der Waals surface area contributed by atoms with E-state index in [1.165, 1.54) is 0 Å². The maximum absolute atomic E-state index is 11.0. The van der Waals surface area contributed by atoms with Crippen LogP contribution in [0, 0.1) is 0 Å². The normalized spacial score (nSPS) is 12.0. The summed E-state index contributed by atoms with van der Waals surface area (Å²) in [7, 11) is 0. The third-order valence-electron chi connectivity index (χ3n) is 2.65. The molecule has 0 aromatic heterocycles. The molecule has 0 heterocycles. The number of carbonyl (C=O) groups is 2. The number of rotatable bonds is 5. The predicted octanol–water partition coefficient (Wildman–Crippen LogP) is 2.15. The number of carboxylic acids is 2. The molecule has 0 unspecified atom stereocenters. The molecule has 0 saturated carbocycles. The van der Waals surface area contributed by atoms with E-state index in [-0.39, 0.29) is 0 Å². The van der Waals surface area contributed by atoms with Crippen molar-refractivity contribution in [2.75, 3.05) is 0 Å². The Bertz CT molecular complexity index is 615. The average molecular weight is 260 g/mol. The van der Waals surface area contributed by atoms with Gasteiger partial charge in [0.2, 0.25) is 6.10 Å². The molecule has 0 amide bonds. The number of hydrogen-bond donors (Lipinski definition) is 2. The van der Waals surface area contributed by atoms with E-state index in [2.05, 4.69) is 0 Å². The summed E-state index contributed by atoms with van der Waals surface area (Å²) in [6.45, 7) is 0. The fraction of sp³-hybridized carbons (Fsp3) is 0.143. The predicted molar refractivity (Wildman–Crippen MR) is 68.3 cm³/mol. The molecule has 2 N–H and O–H groups in total. The van der Waals surface area contributed by atoms with Gasteiger partial charge >= 0.3 is 11.9 Å². The Hall–Kier alpha value is -2.56. The SMILES string of the molecule is O=C(O)C[C@H](Oc1cccc2ccccc12)C(=O)O. The summed E-state index contributed by atoms with van der Waals surface area (Å²) in [5.74, 6) is -2.14. The summed E-state index contributed by atoms with van der Waals surface area (Å²) in [6.07, 6.45) is -1.98. The van der Waals surface area contributed by atoms with Gasteiger partial charge in [-0.2, -0.15) is 0 Å². The second-order valence-electron chi connectivity index (χ2n) is 4.02. The lowest BCUT2D eigenvalue weighted by Crippen LogP contribution is -2.29. The van der Waals surface area contributed by atoms with Crippen LogP contribution in [0.15, 0.2) is 42.5 Å². The monoisotopic (exact) mass is 260 g/mol. The first-order valence-electron chi connectivity index (χ1n) is 5.67. The average Bonchev–Trinajstić information content (AvgIpc) is 2.37. The van der Waals surface area contributed by atoms with Crippen LogP contribution in [0.1, 0.15) is 6.42 Å². The van der Waals surface area contributed by atoms with Gasteiger partial charge in [-0.25, -0.2) is 4.79 Å². The largest absolute Gasteiger partial charge is 0.481 e. The van der Waals surface area contributed by atoms with Crippen molar-refractivity contribution in [3.05, 3.63) is 42.5 Å². The lowest BCUT2D eigenvalue weighted by Gasteiger charge is -2.14. The van der Waals surface area contributed by atoms with Gasteiger partial charge in [0.05, 0.1) is 6.42 Å². The molecule has 0 aliphatic heterocycles. The number of aliphatic carboxylic acids is 2. The van der Waals surface area contributed by atoms with Gasteiger partial charge in [0, 0.05) is 5.39 Å². The first kappa shape index (κ1) is 12.9. The van der Waals surface area contributed by atoms with Crippen LogP contribution in [0.25, 0.3) is 10.8 Å². The van der Waals surface area contributed by atoms with E-state index >= 15 is 0 Å². The van der Waals surface area contributed by atoms with E-state index in [0.29, 0.717) is 5.75 Å². The van der Waals surface area contributed by atoms with Crippen molar-refractivity contribution in [1.29, 1.82) is 0 Å². The number of hydrogen-bond acceptors (Lipinski definition) is 3. The molecule has 0 radical (unpaired) electrons. The van der Waals surface area contributed by atoms with Crippen molar-refractivity contribution < 1.29 is 24.5 Å². The first-order valence-corrected chi connectivity index (χ1v) is 5.67. The Morgan fingerprint density at radius 3 is 2.42 bits per heavy atom. The van der Waals surface area contributed by atoms with Gasteiger partial charge in [0.15, 0.2) is 0 Å². The van der Waals surface area contributed by atoms with Gasteiger partial charge in [0.1, 0.15) is 5.75 Å². The van der Waals surface area contributed by atoms with E-state index in [1.54, 1.807) is 18.2 Å². The highest BCUT2D eigenvalue weighted by atomic mass is 16.5. The minimum Gasteiger partial charge on any atom is -0.481 e. The minimum atomic E-state index is -1.40. The summed E-state index contributed by atoms with van der Waals surface area (Å²) in [5, 5.41) is 19.3. The summed E-state index contributed by atoms with van der Waals surface area (Å²) in [4.78, 5) is 21.6. The fourth-order valence-electron chi connectivity index (χ4n) is 1.79. The summed E-state index contributed by atoms with van der Waals surface area (Å²) >= 11 is 0. The Balaban J connectivity index is 2.33. The lowest BCUT2D eigenvalue weighted by molar-refractivity contribution is -0.151. The molecule has 0 aliphatic carbocycles. The summed E-state index contributed by atoms with van der Waals surface area (Å²) in [6, 6.07) is 12.6. The van der Waals surface area contributed by atoms with E-state index in [4.69, 9.17) is 14.9 Å². The van der Waals surface area contributed by atoms with Crippen molar-refractivity contribution in [2.45, 2.75) is 12.5 Å². The molecule has 5 heteroatoms. The van der Waals surface area contributed by atoms with Crippen molar-refractivity contribution in [2.24, 2.45) is 0 Å². The standard InChI is InChI=1S/C14H12O5/c15-13(16)8-12(14(17)18)19-11-7-3-5-9-4-1-2-6-10(9)11/h1-7,12H,8H2,(H,15,16)(H,17,18)/t12-/m0/s1. The number of carboxylic acid groups (broad SMARTS) is 2. The molecule has 2 rings (SSSR count). The maximum Gasteiger partial charge on any atom is 0.345 e. The van der Waals surface area contributed by atoms with Crippen LogP contribution < -0.4 is 4.74 Å². The Morgan fingerprint density at radius 1 is 1.05 bits per heavy atom. The molecular weight excluding hydrogens is 248 g/mol. The number of ether oxygens (including phenoxy) is 1. The number of benzene rings is 2. The summed E-state index contributed by atoms with van der Waals surface area (Å²) in [5.41, 5.74) is 0. The number of fused-ring (bicyclic) bond motifs is 1. The molecule has 5 nitrogen and oxygen atoms in total. The quantitative estimate of drug-likeness (QED) is 0.860. The lowest BCUT2D eigenvalue weighted by atomic mass is 10.1. The first-order chi connectivity index (χ1) is 9.08. The van der Waals surface area contributed by atoms with E-state index in [9.17, 15) is 9.59 Å². The van der Waals surface area contributed by atoms with Gasteiger partial charge in [-0.3, -0.25) is 4.79 Å². The van der Waals surface area contributed by atoms with Crippen LogP contribution in [0.5, 0.6) is 5.75 Å². The third-order valence-corrected chi connectivity index (χ3v) is 2.65. The molecule has 0 bridgehead atoms. The van der Waals surface area contributed by atoms with Crippen molar-refractivity contribution >= 4 is 22.7 Å². The van der Waals surface area contributed by atoms with Crippen LogP contribution in [-0.2, 0) is 9.59 Å². The van der Waals surface area contributed by atoms with Gasteiger partial charge < -0.3 is 14.9 Å². The Kier molecular flexibility index (Phi) is 3.66. The van der Waals surface area contributed by atoms with Crippen molar-refractivity contribution in [3.8, 4) is 5.75 Å². The third kappa shape index (κ3) is 3.01. The van der Waals surface area contributed by atoms with Crippen molar-refractivity contribution in [3.63, 3.8) is 0 Å². The topological polar surface area (TPSA) is 83.8 Å². The molecule has 2 aromatic carbocycles. The molecule has 19 heavy (non-hydrogen) atoms. The minimum absolute atomic E-state index is 0.367. The van der Waals surface area contributed by atoms with Gasteiger partial charge in [0.25, 0.3) is 0 Å². The molecule has 0 saturated heterocycles. The molecular formula is C14H12O5. The van der Waals surface area contributed by atoms with Crippen LogP contribution in [0.3, 0.4) is 0 Å². The highest BCUT2D eigenvalue weighted by Gasteiger charge is 2.23. The maximum atomic E-state index is 11.0. The zero-order valence-corrected chi connectivity index (χ0v) is 9.95. The van der Waals surface area contributed by atoms with Gasteiger partial charge in [-0.1, -0.05) is 36.4 Å². The van der Waals surface area contributed by atoms with Gasteiger partial charge in [-0.05, 0) is 11.5 Å². The highest BCUT2D eigenvalue weighted by molar-refractivity contribution is 5.89. The van der Waals surface area contributed by atoms with Gasteiger partial charge in [-0.15, -0.1) is 0 Å². The summed E-state index contributed by atoms with van der Waals surface area (Å²) < 4.78 is 5.32. The fourth-order valence-corrected chi connectivity index (χ4v) is 1.79. The van der Waals surface area contributed by atoms with E-state index < -0.39 is 24.5 Å². The Labute approximate surface area is 109 Å². The van der Waals surface area contributed by atoms with Crippen LogP contribution in [0.4, 0.5) is 0 Å². The van der Waals surface area contributed by atoms with Crippen molar-refractivity contribution in [1.82, 2.24) is 0 Å². The van der Waals surface area contributed by atoms with E-state index in [0.717, 1.165) is 10.8 Å². The second-order valence-corrected chi connectivity index (χ2v) is 4.02.